The molecule has 0 spiro atoms. The highest BCUT2D eigenvalue weighted by Gasteiger charge is 2.27. The van der Waals surface area contributed by atoms with Gasteiger partial charge in [-0.3, -0.25) is 0 Å². The first kappa shape index (κ1) is 28.5. The molecule has 3 aromatic rings. The van der Waals surface area contributed by atoms with Gasteiger partial charge in [0.25, 0.3) is 0 Å². The molecule has 9 heteroatoms. The lowest BCUT2D eigenvalue weighted by Crippen LogP contribution is -2.34. The quantitative estimate of drug-likeness (QED) is 0.331. The van der Waals surface area contributed by atoms with Crippen LogP contribution in [0, 0.1) is 0 Å². The van der Waals surface area contributed by atoms with Crippen LogP contribution in [0.5, 0.6) is 0 Å². The van der Waals surface area contributed by atoms with Crippen molar-refractivity contribution < 1.29 is 0 Å². The lowest BCUT2D eigenvalue weighted by atomic mass is 9.92. The Morgan fingerprint density at radius 2 is 1.72 bits per heavy atom. The highest BCUT2D eigenvalue weighted by Crippen LogP contribution is 2.37. The Balaban J connectivity index is 0.00000180. The number of hydrogen-bond donors (Lipinski definition) is 2. The van der Waals surface area contributed by atoms with Gasteiger partial charge in [-0.25, -0.2) is 4.98 Å². The second-order valence-corrected chi connectivity index (χ2v) is 10.2. The summed E-state index contributed by atoms with van der Waals surface area (Å²) in [6.07, 6.45) is 13.4. The molecule has 198 valence electrons. The number of fused-ring (bicyclic) bond motifs is 1. The maximum Gasteiger partial charge on any atom is 0.227 e. The molecule has 1 atom stereocenters. The van der Waals surface area contributed by atoms with Crippen molar-refractivity contribution in [2.75, 3.05) is 10.2 Å². The molecule has 3 N–H and O–H groups in total. The zero-order chi connectivity index (χ0) is 23.5. The number of benzene rings is 1. The zero-order valence-corrected chi connectivity index (χ0v) is 23.1. The van der Waals surface area contributed by atoms with E-state index in [0.29, 0.717) is 30.1 Å². The number of aromatic nitrogens is 4. The number of para-hydroxylation sites is 1. The lowest BCUT2D eigenvalue weighted by Gasteiger charge is -2.31. The first-order valence-electron chi connectivity index (χ1n) is 13.2. The fraction of sp³-hybridized carbons (Fsp3) is 0.593. The maximum atomic E-state index is 6.15. The molecule has 2 heterocycles. The first-order valence-corrected chi connectivity index (χ1v) is 13.2. The van der Waals surface area contributed by atoms with Crippen LogP contribution in [0.4, 0.5) is 17.5 Å². The normalized spacial score (nSPS) is 21.0. The molecular weight excluding hydrogens is 493 g/mol. The van der Waals surface area contributed by atoms with Gasteiger partial charge in [-0.05, 0) is 64.0 Å². The van der Waals surface area contributed by atoms with Crippen molar-refractivity contribution in [2.45, 2.75) is 102 Å². The Hall–Kier alpha value is -2.09. The van der Waals surface area contributed by atoms with Crippen molar-refractivity contribution in [3.05, 3.63) is 36.7 Å². The minimum atomic E-state index is 0. The number of nitrogens with two attached hydrogens (primary N) is 1. The van der Waals surface area contributed by atoms with Crippen LogP contribution in [0.25, 0.3) is 11.2 Å². The summed E-state index contributed by atoms with van der Waals surface area (Å²) in [5.41, 5.74) is 9.15. The summed E-state index contributed by atoms with van der Waals surface area (Å²) >= 11 is 0. The summed E-state index contributed by atoms with van der Waals surface area (Å²) in [7, 11) is 0. The smallest absolute Gasteiger partial charge is 0.227 e. The van der Waals surface area contributed by atoms with Gasteiger partial charge in [0, 0.05) is 29.9 Å². The molecule has 1 unspecified atom stereocenters. The van der Waals surface area contributed by atoms with Gasteiger partial charge < -0.3 is 20.5 Å². The van der Waals surface area contributed by atoms with Crippen LogP contribution in [0.15, 0.2) is 36.7 Å². The molecule has 7 nitrogen and oxygen atoms in total. The molecule has 2 aromatic heterocycles. The van der Waals surface area contributed by atoms with Crippen LogP contribution in [0.3, 0.4) is 0 Å². The van der Waals surface area contributed by atoms with Crippen molar-refractivity contribution in [1.82, 2.24) is 19.5 Å². The lowest BCUT2D eigenvalue weighted by molar-refractivity contribution is 0.410. The van der Waals surface area contributed by atoms with Crippen molar-refractivity contribution in [3.63, 3.8) is 0 Å². The van der Waals surface area contributed by atoms with Crippen molar-refractivity contribution >= 4 is 53.4 Å². The van der Waals surface area contributed by atoms with E-state index in [1.807, 2.05) is 6.33 Å². The van der Waals surface area contributed by atoms with Gasteiger partial charge >= 0.3 is 0 Å². The number of nitrogens with zero attached hydrogens (tertiary/aromatic N) is 5. The number of nitrogens with one attached hydrogen (secondary N) is 1. The average molecular weight is 535 g/mol. The van der Waals surface area contributed by atoms with E-state index in [-0.39, 0.29) is 24.8 Å². The molecule has 5 rings (SSSR count). The van der Waals surface area contributed by atoms with Gasteiger partial charge in [-0.2, -0.15) is 9.97 Å². The molecule has 0 radical (unpaired) electrons. The Kier molecular flexibility index (Phi) is 10.2. The van der Waals surface area contributed by atoms with Gasteiger partial charge in [-0.1, -0.05) is 44.4 Å². The molecule has 2 saturated carbocycles. The largest absolute Gasteiger partial charge is 0.351 e. The minimum Gasteiger partial charge on any atom is -0.351 e. The van der Waals surface area contributed by atoms with E-state index in [4.69, 9.17) is 20.7 Å². The summed E-state index contributed by atoms with van der Waals surface area (Å²) < 4.78 is 2.31. The van der Waals surface area contributed by atoms with Crippen LogP contribution >= 0.6 is 24.8 Å². The van der Waals surface area contributed by atoms with E-state index in [9.17, 15) is 0 Å². The molecule has 2 aliphatic carbocycles. The van der Waals surface area contributed by atoms with Crippen LogP contribution in [-0.4, -0.2) is 37.6 Å². The number of imidazole rings is 1. The Morgan fingerprint density at radius 1 is 1.03 bits per heavy atom. The van der Waals surface area contributed by atoms with Crippen molar-refractivity contribution in [2.24, 2.45) is 5.73 Å². The molecule has 2 aliphatic rings. The van der Waals surface area contributed by atoms with Gasteiger partial charge in [0.2, 0.25) is 5.95 Å². The number of rotatable bonds is 8. The summed E-state index contributed by atoms with van der Waals surface area (Å²) in [4.78, 5) is 17.5. The first-order chi connectivity index (χ1) is 16.6. The predicted octanol–water partition coefficient (Wildman–Crippen LogP) is 6.79. The second kappa shape index (κ2) is 12.9. The fourth-order valence-corrected chi connectivity index (χ4v) is 5.75. The molecule has 0 aliphatic heterocycles. The van der Waals surface area contributed by atoms with Crippen molar-refractivity contribution in [3.8, 4) is 0 Å². The third-order valence-corrected chi connectivity index (χ3v) is 7.64. The second-order valence-electron chi connectivity index (χ2n) is 10.2. The average Bonchev–Trinajstić information content (AvgIpc) is 3.52. The molecule has 1 aromatic carbocycles. The SMILES string of the molecule is CCCC(C)N(c1ccccc1)c1nc(NC2CCC(N)CC2)nc2c1ncn2C1CCCC1.Cl.Cl. The third-order valence-electron chi connectivity index (χ3n) is 7.64. The number of anilines is 3. The molecular formula is C27H41Cl2N7. The van der Waals surface area contributed by atoms with E-state index in [1.54, 1.807) is 0 Å². The van der Waals surface area contributed by atoms with Gasteiger partial charge in [0.1, 0.15) is 0 Å². The number of hydrogen-bond acceptors (Lipinski definition) is 6. The molecule has 0 amide bonds. The highest BCUT2D eigenvalue weighted by molar-refractivity contribution is 5.88. The Bertz CT molecular complexity index is 1080. The van der Waals surface area contributed by atoms with E-state index in [1.165, 1.54) is 25.7 Å². The molecule has 36 heavy (non-hydrogen) atoms. The Morgan fingerprint density at radius 3 is 2.39 bits per heavy atom. The summed E-state index contributed by atoms with van der Waals surface area (Å²) in [6.45, 7) is 4.53. The molecule has 2 fully saturated rings. The van der Waals surface area contributed by atoms with E-state index in [2.05, 4.69) is 59.0 Å². The summed E-state index contributed by atoms with van der Waals surface area (Å²) in [5, 5.41) is 3.67. The van der Waals surface area contributed by atoms with E-state index >= 15 is 0 Å². The fourth-order valence-electron chi connectivity index (χ4n) is 5.75. The molecule has 0 saturated heterocycles. The van der Waals surface area contributed by atoms with Crippen LogP contribution in [0.1, 0.15) is 84.1 Å². The highest BCUT2D eigenvalue weighted by atomic mass is 35.5. The van der Waals surface area contributed by atoms with E-state index < -0.39 is 0 Å². The van der Waals surface area contributed by atoms with E-state index in [0.717, 1.165) is 61.2 Å². The monoisotopic (exact) mass is 533 g/mol. The topological polar surface area (TPSA) is 84.9 Å². The zero-order valence-electron chi connectivity index (χ0n) is 21.5. The van der Waals surface area contributed by atoms with Gasteiger partial charge in [0.05, 0.1) is 6.33 Å². The Labute approximate surface area is 227 Å². The predicted molar refractivity (Wildman–Crippen MR) is 154 cm³/mol. The van der Waals surface area contributed by atoms with Gasteiger partial charge in [0.15, 0.2) is 17.0 Å². The van der Waals surface area contributed by atoms with Gasteiger partial charge in [-0.15, -0.1) is 24.8 Å². The summed E-state index contributed by atoms with van der Waals surface area (Å²) in [5.74, 6) is 1.62. The summed E-state index contributed by atoms with van der Waals surface area (Å²) in [6, 6.07) is 12.1. The van der Waals surface area contributed by atoms with Crippen LogP contribution < -0.4 is 16.0 Å². The number of halogens is 2. The minimum absolute atomic E-state index is 0. The third kappa shape index (κ3) is 6.06. The van der Waals surface area contributed by atoms with Crippen LogP contribution in [-0.2, 0) is 0 Å². The van der Waals surface area contributed by atoms with Crippen LogP contribution in [0.2, 0.25) is 0 Å². The standard InChI is InChI=1S/C27H39N7.2ClH/c1-3-9-19(2)34(23-12-5-4-6-13-23)26-24-25(33(18-29-24)22-10-7-8-11-22)31-27(32-26)30-21-16-14-20(28)15-17-21;;/h4-6,12-13,18-22H,3,7-11,14-17,28H2,1-2H3,(H,30,31,32);2*1H. The molecule has 0 bridgehead atoms. The van der Waals surface area contributed by atoms with Crippen molar-refractivity contribution in [1.29, 1.82) is 0 Å². The maximum absolute atomic E-state index is 6.15.